The zero-order valence-electron chi connectivity index (χ0n) is 22.8. The van der Waals surface area contributed by atoms with E-state index in [1.165, 1.54) is 52.1 Å². The predicted molar refractivity (Wildman–Crippen MR) is 148 cm³/mol. The molecule has 2 aliphatic carbocycles. The van der Waals surface area contributed by atoms with E-state index in [1.807, 2.05) is 28.8 Å². The fraction of sp³-hybridized carbons (Fsp3) is 0.667. The Labute approximate surface area is 229 Å². The molecule has 0 amide bonds. The molecule has 1 aromatic carbocycles. The molecule has 2 saturated heterocycles. The third kappa shape index (κ3) is 5.35. The van der Waals surface area contributed by atoms with Crippen molar-refractivity contribution in [3.63, 3.8) is 0 Å². The highest BCUT2D eigenvalue weighted by molar-refractivity contribution is 6.00. The molecule has 39 heavy (non-hydrogen) atoms. The number of aromatic nitrogens is 2. The number of aliphatic carboxylic acids is 1. The van der Waals surface area contributed by atoms with Crippen LogP contribution in [0, 0.1) is 11.8 Å². The fourth-order valence-electron chi connectivity index (χ4n) is 8.08. The van der Waals surface area contributed by atoms with Crippen LogP contribution >= 0.6 is 0 Å². The number of morpholine rings is 1. The quantitative estimate of drug-likeness (QED) is 0.414. The van der Waals surface area contributed by atoms with Crippen molar-refractivity contribution in [3.05, 3.63) is 40.3 Å². The van der Waals surface area contributed by atoms with Crippen molar-refractivity contribution >= 4 is 22.7 Å². The number of nitrogens with zero attached hydrogens (tertiary/aromatic N) is 4. The zero-order valence-corrected chi connectivity index (χ0v) is 22.8. The number of oxime groups is 1. The molecule has 4 atom stereocenters. The van der Waals surface area contributed by atoms with Crippen molar-refractivity contribution in [2.45, 2.75) is 94.8 Å². The van der Waals surface area contributed by atoms with Gasteiger partial charge < -0.3 is 19.2 Å². The van der Waals surface area contributed by atoms with Crippen LogP contribution in [0.1, 0.15) is 82.4 Å². The highest BCUT2D eigenvalue weighted by Crippen LogP contribution is 2.44. The summed E-state index contributed by atoms with van der Waals surface area (Å²) in [7, 11) is 1.40. The van der Waals surface area contributed by atoms with E-state index in [-0.39, 0.29) is 47.9 Å². The maximum Gasteiger partial charge on any atom is 0.303 e. The first-order valence-corrected chi connectivity index (χ1v) is 14.7. The Balaban J connectivity index is 1.34. The number of benzene rings is 1. The highest BCUT2D eigenvalue weighted by Gasteiger charge is 2.45. The molecule has 9 nitrogen and oxygen atoms in total. The minimum atomic E-state index is -0.956. The predicted octanol–water partition coefficient (Wildman–Crippen LogP) is 4.38. The smallest absolute Gasteiger partial charge is 0.303 e. The lowest BCUT2D eigenvalue weighted by molar-refractivity contribution is -0.136. The summed E-state index contributed by atoms with van der Waals surface area (Å²) >= 11 is 0. The number of carbonyl (C=O) groups is 1. The van der Waals surface area contributed by atoms with Crippen LogP contribution < -0.4 is 5.56 Å². The second-order valence-electron chi connectivity index (χ2n) is 12.0. The molecule has 9 heteroatoms. The molecule has 1 N–H and O–H groups in total. The van der Waals surface area contributed by atoms with Crippen molar-refractivity contribution in [1.82, 2.24) is 14.5 Å². The molecular weight excluding hydrogens is 496 g/mol. The molecule has 210 valence electrons. The summed E-state index contributed by atoms with van der Waals surface area (Å²) in [6.07, 6.45) is 11.2. The molecule has 4 aliphatic rings. The summed E-state index contributed by atoms with van der Waals surface area (Å²) in [4.78, 5) is 37.8. The van der Waals surface area contributed by atoms with Gasteiger partial charge in [-0.3, -0.25) is 14.5 Å². The van der Waals surface area contributed by atoms with Crippen molar-refractivity contribution in [2.75, 3.05) is 20.3 Å². The lowest BCUT2D eigenvalue weighted by Gasteiger charge is -2.54. The molecule has 1 aromatic heterocycles. The Morgan fingerprint density at radius 2 is 1.69 bits per heavy atom. The number of carboxylic acid groups (broad SMARTS) is 1. The summed E-state index contributed by atoms with van der Waals surface area (Å²) in [6, 6.07) is 8.91. The van der Waals surface area contributed by atoms with E-state index in [0.717, 1.165) is 30.2 Å². The first-order valence-electron chi connectivity index (χ1n) is 14.7. The third-order valence-corrected chi connectivity index (χ3v) is 9.54. The molecule has 4 bridgehead atoms. The Morgan fingerprint density at radius 3 is 2.36 bits per heavy atom. The topological polar surface area (TPSA) is 106 Å². The molecule has 6 rings (SSSR count). The van der Waals surface area contributed by atoms with E-state index >= 15 is 0 Å². The van der Waals surface area contributed by atoms with Gasteiger partial charge in [-0.05, 0) is 56.1 Å². The largest absolute Gasteiger partial charge is 0.481 e. The summed E-state index contributed by atoms with van der Waals surface area (Å²) < 4.78 is 8.00. The van der Waals surface area contributed by atoms with E-state index in [1.54, 1.807) is 0 Å². The lowest BCUT2D eigenvalue weighted by Crippen LogP contribution is -2.62. The number of ether oxygens (including phenoxy) is 1. The van der Waals surface area contributed by atoms with Gasteiger partial charge in [-0.2, -0.15) is 0 Å². The maximum absolute atomic E-state index is 14.1. The Kier molecular flexibility index (Phi) is 7.71. The van der Waals surface area contributed by atoms with Crippen LogP contribution in [-0.4, -0.2) is 69.7 Å². The molecule has 0 spiro atoms. The van der Waals surface area contributed by atoms with Gasteiger partial charge in [0, 0.05) is 30.6 Å². The summed E-state index contributed by atoms with van der Waals surface area (Å²) in [6.45, 7) is 1.41. The maximum atomic E-state index is 14.1. The normalized spacial score (nSPS) is 31.6. The van der Waals surface area contributed by atoms with Gasteiger partial charge in [0.2, 0.25) is 0 Å². The van der Waals surface area contributed by atoms with Crippen LogP contribution in [0.25, 0.3) is 11.0 Å². The van der Waals surface area contributed by atoms with Gasteiger partial charge in [-0.25, -0.2) is 4.98 Å². The number of hydrogen-bond donors (Lipinski definition) is 1. The number of fused-ring (bicyclic) bond motifs is 5. The fourth-order valence-corrected chi connectivity index (χ4v) is 8.08. The van der Waals surface area contributed by atoms with Crippen molar-refractivity contribution in [3.8, 4) is 0 Å². The Bertz CT molecular complexity index is 1260. The van der Waals surface area contributed by atoms with Crippen LogP contribution in [0.2, 0.25) is 0 Å². The molecule has 2 unspecified atom stereocenters. The Hall–Kier alpha value is -2.78. The number of carboxylic acids is 1. The number of rotatable bonds is 7. The second-order valence-corrected chi connectivity index (χ2v) is 12.0. The van der Waals surface area contributed by atoms with Gasteiger partial charge in [-0.15, -0.1) is 0 Å². The number of piperidine rings is 1. The molecule has 2 aliphatic heterocycles. The van der Waals surface area contributed by atoms with E-state index in [2.05, 4.69) is 15.0 Å². The minimum absolute atomic E-state index is 0.00781. The van der Waals surface area contributed by atoms with E-state index in [9.17, 15) is 14.7 Å². The van der Waals surface area contributed by atoms with E-state index in [0.29, 0.717) is 24.8 Å². The minimum Gasteiger partial charge on any atom is -0.481 e. The van der Waals surface area contributed by atoms with Gasteiger partial charge in [0.1, 0.15) is 12.8 Å². The number of hydrogen-bond acceptors (Lipinski definition) is 7. The Morgan fingerprint density at radius 1 is 1.00 bits per heavy atom. The van der Waals surface area contributed by atoms with E-state index < -0.39 is 5.97 Å². The van der Waals surface area contributed by atoms with Gasteiger partial charge in [0.05, 0.1) is 30.7 Å². The first-order chi connectivity index (χ1) is 19.0. The average Bonchev–Trinajstić information content (AvgIpc) is 3.09. The molecular formula is C30H40N4O5. The van der Waals surface area contributed by atoms with Crippen molar-refractivity contribution < 1.29 is 19.5 Å². The second kappa shape index (κ2) is 11.4. The third-order valence-electron chi connectivity index (χ3n) is 9.54. The zero-order chi connectivity index (χ0) is 26.9. The molecule has 3 heterocycles. The lowest BCUT2D eigenvalue weighted by atomic mass is 9.75. The van der Waals surface area contributed by atoms with Crippen LogP contribution in [0.5, 0.6) is 0 Å². The monoisotopic (exact) mass is 536 g/mol. The SMILES string of the molecule is CON=C(CCC(=O)O)c1nc2ccccc2n(C2C[C@H]3COC[C@H](C2)N3C2CC3CCCCC(C3)C2)c1=O. The number of para-hydroxylation sites is 2. The van der Waals surface area contributed by atoms with Crippen molar-refractivity contribution in [1.29, 1.82) is 0 Å². The van der Waals surface area contributed by atoms with Crippen molar-refractivity contribution in [2.24, 2.45) is 17.0 Å². The average molecular weight is 537 g/mol. The van der Waals surface area contributed by atoms with Crippen LogP contribution in [0.15, 0.2) is 34.2 Å². The van der Waals surface area contributed by atoms with Gasteiger partial charge >= 0.3 is 5.97 Å². The van der Waals surface area contributed by atoms with Crippen LogP contribution in [0.4, 0.5) is 0 Å². The molecule has 2 aromatic rings. The molecule has 0 radical (unpaired) electrons. The van der Waals surface area contributed by atoms with Crippen LogP contribution in [-0.2, 0) is 14.4 Å². The van der Waals surface area contributed by atoms with E-state index in [4.69, 9.17) is 9.57 Å². The van der Waals surface area contributed by atoms with Gasteiger partial charge in [0.25, 0.3) is 5.56 Å². The summed E-state index contributed by atoms with van der Waals surface area (Å²) in [5, 5.41) is 13.3. The van der Waals surface area contributed by atoms with Gasteiger partial charge in [0.15, 0.2) is 5.69 Å². The molecule has 2 saturated carbocycles. The summed E-state index contributed by atoms with van der Waals surface area (Å²) in [5.74, 6) is 0.756. The highest BCUT2D eigenvalue weighted by atomic mass is 16.6. The standard InChI is InChI=1S/C30H40N4O5/c1-38-32-26(10-11-28(35)36)29-30(37)34(27-9-5-4-8-25(27)31-29)22-15-23-17-39-18-24(16-22)33(23)21-13-19-6-2-3-7-20(12-19)14-21/h4-5,8-9,19-24H,2-3,6-7,10-18H2,1H3,(H,35,36)/t19?,20?,21?,23-,24-/m0/s1. The van der Waals surface area contributed by atoms with Gasteiger partial charge in [-0.1, -0.05) is 43.0 Å². The first kappa shape index (κ1) is 26.4. The van der Waals surface area contributed by atoms with Crippen LogP contribution in [0.3, 0.4) is 0 Å². The summed E-state index contributed by atoms with van der Waals surface area (Å²) in [5.41, 5.74) is 1.73. The molecule has 4 fully saturated rings.